The summed E-state index contributed by atoms with van der Waals surface area (Å²) in [6.45, 7) is 0.337. The number of ether oxygens (including phenoxy) is 1. The van der Waals surface area contributed by atoms with Gasteiger partial charge in [0.15, 0.2) is 5.82 Å². The number of nitrogens with zero attached hydrogens (tertiary/aromatic N) is 5. The molecule has 0 bridgehead atoms. The van der Waals surface area contributed by atoms with Crippen molar-refractivity contribution in [2.24, 2.45) is 0 Å². The molecule has 0 saturated carbocycles. The third-order valence-corrected chi connectivity index (χ3v) is 4.03. The molecule has 3 aromatic rings. The van der Waals surface area contributed by atoms with Gasteiger partial charge in [-0.2, -0.15) is 23.3 Å². The summed E-state index contributed by atoms with van der Waals surface area (Å²) in [5, 5.41) is 7.33. The van der Waals surface area contributed by atoms with Crippen LogP contribution in [0.1, 0.15) is 11.4 Å². The molecular weight excluding hydrogens is 420 g/mol. The first-order valence-electron chi connectivity index (χ1n) is 8.11. The fourth-order valence-electron chi connectivity index (χ4n) is 2.53. The number of aryl methyl sites for hydroxylation is 1. The van der Waals surface area contributed by atoms with Crippen molar-refractivity contribution in [1.82, 2.24) is 24.7 Å². The summed E-state index contributed by atoms with van der Waals surface area (Å²) < 4.78 is 42.9. The smallest absolute Gasteiger partial charge is 0.370 e. The minimum atomic E-state index is -4.40. The second-order valence-corrected chi connectivity index (χ2v) is 6.40. The van der Waals surface area contributed by atoms with Crippen molar-refractivity contribution in [3.63, 3.8) is 0 Å². The van der Waals surface area contributed by atoms with Crippen LogP contribution in [0.5, 0.6) is 0 Å². The summed E-state index contributed by atoms with van der Waals surface area (Å²) in [4.78, 5) is 12.7. The average Bonchev–Trinajstić information content (AvgIpc) is 2.95. The van der Waals surface area contributed by atoms with Gasteiger partial charge >= 0.3 is 6.18 Å². The molecule has 0 spiro atoms. The van der Waals surface area contributed by atoms with Gasteiger partial charge < -0.3 is 10.1 Å². The fourth-order valence-corrected chi connectivity index (χ4v) is 2.88. The fraction of sp³-hybridized carbons (Fsp3) is 0.375. The molecule has 0 atom stereocenters. The van der Waals surface area contributed by atoms with Crippen LogP contribution in [0.4, 0.5) is 24.8 Å². The molecule has 3 rings (SSSR count). The number of nitrogens with one attached hydrogen (secondary N) is 1. The van der Waals surface area contributed by atoms with E-state index in [1.165, 1.54) is 4.68 Å². The highest BCUT2D eigenvalue weighted by atomic mass is 35.5. The van der Waals surface area contributed by atoms with Gasteiger partial charge in [0.05, 0.1) is 19.0 Å². The van der Waals surface area contributed by atoms with E-state index >= 15 is 0 Å². The van der Waals surface area contributed by atoms with Crippen molar-refractivity contribution in [3.05, 3.63) is 34.9 Å². The first-order chi connectivity index (χ1) is 13.3. The molecule has 0 fully saturated rings. The Morgan fingerprint density at radius 2 is 2.00 bits per heavy atom. The minimum Gasteiger partial charge on any atom is -0.370 e. The molecule has 0 aliphatic rings. The Labute approximate surface area is 167 Å². The maximum atomic E-state index is 12.3. The van der Waals surface area contributed by atoms with Gasteiger partial charge in [0.1, 0.15) is 29.2 Å². The van der Waals surface area contributed by atoms with Crippen molar-refractivity contribution in [3.8, 4) is 0 Å². The Balaban J connectivity index is 1.94. The van der Waals surface area contributed by atoms with Crippen LogP contribution in [-0.2, 0) is 17.2 Å². The Hall–Kier alpha value is -2.17. The van der Waals surface area contributed by atoms with Crippen LogP contribution in [0.25, 0.3) is 11.0 Å². The van der Waals surface area contributed by atoms with Crippen LogP contribution in [0.2, 0.25) is 5.28 Å². The van der Waals surface area contributed by atoms with Crippen LogP contribution in [-0.4, -0.2) is 44.1 Å². The van der Waals surface area contributed by atoms with Gasteiger partial charge in [-0.15, -0.1) is 11.6 Å². The lowest BCUT2D eigenvalue weighted by Gasteiger charge is -2.11. The summed E-state index contributed by atoms with van der Waals surface area (Å²) in [5.74, 6) is 0.875. The Morgan fingerprint density at radius 3 is 2.68 bits per heavy atom. The topological polar surface area (TPSA) is 77.8 Å². The molecule has 0 aliphatic heterocycles. The van der Waals surface area contributed by atoms with Crippen LogP contribution in [0, 0.1) is 6.92 Å². The van der Waals surface area contributed by atoms with Crippen molar-refractivity contribution >= 4 is 45.9 Å². The predicted octanol–water partition coefficient (Wildman–Crippen LogP) is 4.24. The molecule has 3 aromatic heterocycles. The first kappa shape index (κ1) is 20.6. The van der Waals surface area contributed by atoms with Gasteiger partial charge in [0.2, 0.25) is 5.28 Å². The summed E-state index contributed by atoms with van der Waals surface area (Å²) in [5.41, 5.74) is 2.06. The summed E-state index contributed by atoms with van der Waals surface area (Å²) in [6, 6.07) is 5.39. The van der Waals surface area contributed by atoms with Gasteiger partial charge in [-0.05, 0) is 30.7 Å². The minimum absolute atomic E-state index is 0.0260. The highest BCUT2D eigenvalue weighted by molar-refractivity contribution is 6.29. The Kier molecular flexibility index (Phi) is 6.21. The van der Waals surface area contributed by atoms with E-state index in [0.29, 0.717) is 28.4 Å². The number of fused-ring (bicyclic) bond motifs is 1. The van der Waals surface area contributed by atoms with Crippen molar-refractivity contribution in [2.75, 3.05) is 18.5 Å². The predicted molar refractivity (Wildman–Crippen MR) is 99.0 cm³/mol. The molecule has 28 heavy (non-hydrogen) atoms. The van der Waals surface area contributed by atoms with E-state index in [0.717, 1.165) is 5.69 Å². The molecular formula is C16H15Cl2F3N6O. The molecule has 0 saturated heterocycles. The van der Waals surface area contributed by atoms with Crippen LogP contribution in [0.3, 0.4) is 0 Å². The van der Waals surface area contributed by atoms with E-state index < -0.39 is 12.8 Å². The highest BCUT2D eigenvalue weighted by Gasteiger charge is 2.27. The van der Waals surface area contributed by atoms with Crippen molar-refractivity contribution in [1.29, 1.82) is 0 Å². The second-order valence-electron chi connectivity index (χ2n) is 5.80. The third-order valence-electron chi connectivity index (χ3n) is 3.60. The molecule has 0 aromatic carbocycles. The number of aromatic nitrogens is 5. The van der Waals surface area contributed by atoms with E-state index in [1.807, 2.05) is 19.1 Å². The number of hydrogen-bond donors (Lipinski definition) is 1. The van der Waals surface area contributed by atoms with Gasteiger partial charge in [0, 0.05) is 5.69 Å². The Morgan fingerprint density at radius 1 is 1.21 bits per heavy atom. The number of pyridine rings is 1. The van der Waals surface area contributed by atoms with Crippen molar-refractivity contribution in [2.45, 2.75) is 25.5 Å². The standard InChI is InChI=1S/C16H15Cl2F3N6O/c1-9-3-2-4-11(22-9)23-14-13-12(24-15(18)25-14)10(7-17)26-27(13)5-6-28-8-16(19,20)21/h2-4H,5-8H2,1H3,(H,22,23,24,25). The first-order valence-corrected chi connectivity index (χ1v) is 9.02. The molecule has 0 unspecified atom stereocenters. The lowest BCUT2D eigenvalue weighted by atomic mass is 10.3. The molecule has 0 aliphatic carbocycles. The Bertz CT molecular complexity index is 979. The molecule has 12 heteroatoms. The van der Waals surface area contributed by atoms with Gasteiger partial charge in [-0.3, -0.25) is 4.68 Å². The quantitative estimate of drug-likeness (QED) is 0.340. The van der Waals surface area contributed by atoms with E-state index in [1.54, 1.807) is 6.07 Å². The average molecular weight is 435 g/mol. The molecule has 150 valence electrons. The lowest BCUT2D eigenvalue weighted by molar-refractivity contribution is -0.174. The van der Waals surface area contributed by atoms with Gasteiger partial charge in [-0.1, -0.05) is 6.07 Å². The van der Waals surface area contributed by atoms with Crippen LogP contribution >= 0.6 is 23.2 Å². The lowest BCUT2D eigenvalue weighted by Crippen LogP contribution is -2.19. The zero-order valence-electron chi connectivity index (χ0n) is 14.6. The van der Waals surface area contributed by atoms with Gasteiger partial charge in [-0.25, -0.2) is 9.97 Å². The summed E-state index contributed by atoms with van der Waals surface area (Å²) >= 11 is 12.0. The number of hydrogen-bond acceptors (Lipinski definition) is 6. The van der Waals surface area contributed by atoms with Gasteiger partial charge in [0.25, 0.3) is 0 Å². The third kappa shape index (κ3) is 5.00. The normalized spacial score (nSPS) is 11.9. The number of halogens is 5. The molecule has 3 heterocycles. The van der Waals surface area contributed by atoms with Crippen LogP contribution < -0.4 is 5.32 Å². The van der Waals surface area contributed by atoms with E-state index in [-0.39, 0.29) is 24.3 Å². The second kappa shape index (κ2) is 8.46. The maximum absolute atomic E-state index is 12.3. The highest BCUT2D eigenvalue weighted by Crippen LogP contribution is 2.28. The number of alkyl halides is 4. The zero-order valence-corrected chi connectivity index (χ0v) is 16.1. The molecule has 0 radical (unpaired) electrons. The maximum Gasteiger partial charge on any atom is 0.411 e. The largest absolute Gasteiger partial charge is 0.411 e. The summed E-state index contributed by atoms with van der Waals surface area (Å²) in [6.07, 6.45) is -4.40. The monoisotopic (exact) mass is 434 g/mol. The zero-order chi connectivity index (χ0) is 20.3. The SMILES string of the molecule is Cc1cccc(Nc2nc(Cl)nc3c(CCl)nn(CCOCC(F)(F)F)c23)n1. The number of anilines is 2. The van der Waals surface area contributed by atoms with E-state index in [2.05, 4.69) is 30.1 Å². The number of rotatable bonds is 7. The van der Waals surface area contributed by atoms with Crippen molar-refractivity contribution < 1.29 is 17.9 Å². The van der Waals surface area contributed by atoms with E-state index in [9.17, 15) is 13.2 Å². The van der Waals surface area contributed by atoms with Crippen LogP contribution in [0.15, 0.2) is 18.2 Å². The molecule has 7 nitrogen and oxygen atoms in total. The molecule has 0 amide bonds. The summed E-state index contributed by atoms with van der Waals surface area (Å²) in [7, 11) is 0. The molecule has 1 N–H and O–H groups in total. The van der Waals surface area contributed by atoms with E-state index in [4.69, 9.17) is 23.2 Å².